The van der Waals surface area contributed by atoms with E-state index in [0.29, 0.717) is 17.7 Å². The molecule has 1 amide bonds. The van der Waals surface area contributed by atoms with Crippen molar-refractivity contribution in [1.29, 1.82) is 0 Å². The van der Waals surface area contributed by atoms with Crippen LogP contribution in [0.5, 0.6) is 0 Å². The maximum absolute atomic E-state index is 13.7. The van der Waals surface area contributed by atoms with Gasteiger partial charge in [-0.1, -0.05) is 0 Å². The van der Waals surface area contributed by atoms with E-state index in [-0.39, 0.29) is 18.2 Å². The summed E-state index contributed by atoms with van der Waals surface area (Å²) in [5.74, 6) is -1.08. The van der Waals surface area contributed by atoms with Crippen molar-refractivity contribution in [2.24, 2.45) is 0 Å². The number of nitrogens with two attached hydrogens (primary N) is 1. The largest absolute Gasteiger partial charge is 0.399 e. The van der Waals surface area contributed by atoms with E-state index in [1.807, 2.05) is 0 Å². The molecule has 1 aromatic rings. The first-order valence-corrected chi connectivity index (χ1v) is 5.43. The van der Waals surface area contributed by atoms with Gasteiger partial charge in [0.2, 0.25) is 0 Å². The Morgan fingerprint density at radius 2 is 2.24 bits per heavy atom. The Hall–Kier alpha value is -1.62. The van der Waals surface area contributed by atoms with E-state index in [9.17, 15) is 9.18 Å². The number of nitrogens with one attached hydrogen (secondary N) is 1. The minimum absolute atomic E-state index is 0.0279. The third-order valence-corrected chi connectivity index (χ3v) is 2.46. The van der Waals surface area contributed by atoms with Crippen LogP contribution in [0.4, 0.5) is 10.1 Å². The van der Waals surface area contributed by atoms with E-state index in [0.717, 1.165) is 0 Å². The molecule has 0 aromatic heterocycles. The molecule has 1 unspecified atom stereocenters. The van der Waals surface area contributed by atoms with Crippen LogP contribution < -0.4 is 11.1 Å². The number of carbonyl (C=O) groups is 1. The summed E-state index contributed by atoms with van der Waals surface area (Å²) < 4.78 is 13.7. The van der Waals surface area contributed by atoms with Crippen LogP contribution in [0.2, 0.25) is 0 Å². The second kappa shape index (κ2) is 5.63. The predicted octanol–water partition coefficient (Wildman–Crippen LogP) is 1.22. The molecule has 4 nitrogen and oxygen atoms in total. The summed E-state index contributed by atoms with van der Waals surface area (Å²) in [7, 11) is 0. The van der Waals surface area contributed by atoms with E-state index >= 15 is 0 Å². The van der Waals surface area contributed by atoms with Gasteiger partial charge in [0.25, 0.3) is 5.91 Å². The Balaban J connectivity index is 2.89. The maximum atomic E-state index is 13.7. The SMILES string of the molecule is Cc1cc(N)cc(C(=O)NC(C)CCO)c1F. The van der Waals surface area contributed by atoms with Crippen molar-refractivity contribution in [3.05, 3.63) is 29.1 Å². The number of aliphatic hydroxyl groups excluding tert-OH is 1. The number of benzene rings is 1. The first-order valence-electron chi connectivity index (χ1n) is 5.43. The van der Waals surface area contributed by atoms with Crippen LogP contribution in [0.3, 0.4) is 0 Å². The van der Waals surface area contributed by atoms with Crippen molar-refractivity contribution in [2.75, 3.05) is 12.3 Å². The average molecular weight is 240 g/mol. The molecule has 0 saturated carbocycles. The number of aryl methyl sites for hydroxylation is 1. The summed E-state index contributed by atoms with van der Waals surface area (Å²) in [6.07, 6.45) is 0.425. The molecule has 0 radical (unpaired) electrons. The van der Waals surface area contributed by atoms with E-state index in [2.05, 4.69) is 5.32 Å². The molecule has 0 fully saturated rings. The van der Waals surface area contributed by atoms with Crippen molar-refractivity contribution >= 4 is 11.6 Å². The smallest absolute Gasteiger partial charge is 0.254 e. The molecule has 0 aliphatic heterocycles. The van der Waals surface area contributed by atoms with Gasteiger partial charge in [0.1, 0.15) is 5.82 Å². The highest BCUT2D eigenvalue weighted by atomic mass is 19.1. The lowest BCUT2D eigenvalue weighted by molar-refractivity contribution is 0.0930. The maximum Gasteiger partial charge on any atom is 0.254 e. The van der Waals surface area contributed by atoms with Gasteiger partial charge < -0.3 is 16.2 Å². The summed E-state index contributed by atoms with van der Waals surface area (Å²) in [4.78, 5) is 11.8. The lowest BCUT2D eigenvalue weighted by atomic mass is 10.1. The molecule has 0 spiro atoms. The van der Waals surface area contributed by atoms with Crippen molar-refractivity contribution in [2.45, 2.75) is 26.3 Å². The van der Waals surface area contributed by atoms with Crippen molar-refractivity contribution < 1.29 is 14.3 Å². The quantitative estimate of drug-likeness (QED) is 0.692. The summed E-state index contributed by atoms with van der Waals surface area (Å²) >= 11 is 0. The normalized spacial score (nSPS) is 12.2. The molecule has 94 valence electrons. The first kappa shape index (κ1) is 13.4. The number of halogens is 1. The van der Waals surface area contributed by atoms with Crippen LogP contribution >= 0.6 is 0 Å². The highest BCUT2D eigenvalue weighted by Crippen LogP contribution is 2.17. The molecule has 0 bridgehead atoms. The first-order chi connectivity index (χ1) is 7.95. The van der Waals surface area contributed by atoms with Crippen LogP contribution in [0.1, 0.15) is 29.3 Å². The zero-order chi connectivity index (χ0) is 13.0. The second-order valence-corrected chi connectivity index (χ2v) is 4.09. The van der Waals surface area contributed by atoms with Gasteiger partial charge in [-0.2, -0.15) is 0 Å². The summed E-state index contributed by atoms with van der Waals surface area (Å²) in [5, 5.41) is 11.3. The zero-order valence-electron chi connectivity index (χ0n) is 9.96. The van der Waals surface area contributed by atoms with Crippen LogP contribution in [-0.4, -0.2) is 23.7 Å². The van der Waals surface area contributed by atoms with Gasteiger partial charge in [0, 0.05) is 18.3 Å². The number of amides is 1. The fourth-order valence-corrected chi connectivity index (χ4v) is 1.53. The number of anilines is 1. The van der Waals surface area contributed by atoms with Crippen molar-refractivity contribution in [1.82, 2.24) is 5.32 Å². The zero-order valence-corrected chi connectivity index (χ0v) is 9.96. The van der Waals surface area contributed by atoms with Crippen molar-refractivity contribution in [3.63, 3.8) is 0 Å². The molecule has 0 aliphatic carbocycles. The van der Waals surface area contributed by atoms with Crippen molar-refractivity contribution in [3.8, 4) is 0 Å². The molecular formula is C12H17FN2O2. The molecule has 4 N–H and O–H groups in total. The lowest BCUT2D eigenvalue weighted by Crippen LogP contribution is -2.33. The van der Waals surface area contributed by atoms with Crippen LogP contribution in [0.15, 0.2) is 12.1 Å². The molecule has 1 aromatic carbocycles. The van der Waals surface area contributed by atoms with Gasteiger partial charge in [0.05, 0.1) is 5.56 Å². The fourth-order valence-electron chi connectivity index (χ4n) is 1.53. The summed E-state index contributed by atoms with van der Waals surface area (Å²) in [6, 6.07) is 2.57. The summed E-state index contributed by atoms with van der Waals surface area (Å²) in [5.41, 5.74) is 6.19. The molecule has 1 rings (SSSR count). The van der Waals surface area contributed by atoms with E-state index in [1.165, 1.54) is 12.1 Å². The molecule has 0 heterocycles. The predicted molar refractivity (Wildman–Crippen MR) is 64.2 cm³/mol. The van der Waals surface area contributed by atoms with Crippen LogP contribution in [-0.2, 0) is 0 Å². The number of aliphatic hydroxyl groups is 1. The molecular weight excluding hydrogens is 223 g/mol. The number of rotatable bonds is 4. The molecule has 5 heteroatoms. The monoisotopic (exact) mass is 240 g/mol. The van der Waals surface area contributed by atoms with E-state index < -0.39 is 11.7 Å². The Morgan fingerprint density at radius 3 is 2.82 bits per heavy atom. The Morgan fingerprint density at radius 1 is 1.59 bits per heavy atom. The molecule has 0 saturated heterocycles. The fraction of sp³-hybridized carbons (Fsp3) is 0.417. The van der Waals surface area contributed by atoms with Gasteiger partial charge in [-0.15, -0.1) is 0 Å². The second-order valence-electron chi connectivity index (χ2n) is 4.09. The van der Waals surface area contributed by atoms with E-state index in [1.54, 1.807) is 13.8 Å². The Kier molecular flexibility index (Phi) is 4.45. The number of nitrogen functional groups attached to an aromatic ring is 1. The minimum Gasteiger partial charge on any atom is -0.399 e. The Bertz CT molecular complexity index is 421. The van der Waals surface area contributed by atoms with Gasteiger partial charge >= 0.3 is 0 Å². The van der Waals surface area contributed by atoms with Crippen LogP contribution in [0.25, 0.3) is 0 Å². The number of hydrogen-bond acceptors (Lipinski definition) is 3. The molecule has 0 aliphatic rings. The molecule has 17 heavy (non-hydrogen) atoms. The van der Waals surface area contributed by atoms with Gasteiger partial charge in [-0.3, -0.25) is 4.79 Å². The highest BCUT2D eigenvalue weighted by Gasteiger charge is 2.16. The average Bonchev–Trinajstić information content (AvgIpc) is 2.23. The standard InChI is InChI=1S/C12H17FN2O2/c1-7-5-9(14)6-10(11(7)13)12(17)15-8(2)3-4-16/h5-6,8,16H,3-4,14H2,1-2H3,(H,15,17). The lowest BCUT2D eigenvalue weighted by Gasteiger charge is -2.13. The van der Waals surface area contributed by atoms with Crippen LogP contribution in [0, 0.1) is 12.7 Å². The molecule has 1 atom stereocenters. The van der Waals surface area contributed by atoms with Gasteiger partial charge in [-0.05, 0) is 38.0 Å². The van der Waals surface area contributed by atoms with E-state index in [4.69, 9.17) is 10.8 Å². The number of carbonyl (C=O) groups excluding carboxylic acids is 1. The van der Waals surface area contributed by atoms with Gasteiger partial charge in [0.15, 0.2) is 0 Å². The third-order valence-electron chi connectivity index (χ3n) is 2.46. The number of hydrogen-bond donors (Lipinski definition) is 3. The minimum atomic E-state index is -0.562. The highest BCUT2D eigenvalue weighted by molar-refractivity contribution is 5.95. The third kappa shape index (κ3) is 3.42. The summed E-state index contributed by atoms with van der Waals surface area (Å²) in [6.45, 7) is 3.27. The van der Waals surface area contributed by atoms with Gasteiger partial charge in [-0.25, -0.2) is 4.39 Å². The topological polar surface area (TPSA) is 75.4 Å². The Labute approximate surface area is 99.6 Å².